The van der Waals surface area contributed by atoms with Crippen LogP contribution in [0, 0.1) is 0 Å². The van der Waals surface area contributed by atoms with E-state index < -0.39 is 36.2 Å². The molecule has 4 amide bonds. The SMILES string of the molecule is CCCC(NC(=O)[C@@H]1CC2(CN1C)SCCCCS2)C(=O)C(=O)NCC(=O)N[C@H](C(=O)N(C)C)c1ccccc1. The lowest BCUT2D eigenvalue weighted by molar-refractivity contribution is -0.141. The average molecular weight is 592 g/mol. The number of amides is 4. The zero-order valence-electron chi connectivity index (χ0n) is 23.7. The zero-order valence-corrected chi connectivity index (χ0v) is 25.4. The molecule has 0 aromatic heterocycles. The smallest absolute Gasteiger partial charge is 0.290 e. The van der Waals surface area contributed by atoms with Gasteiger partial charge in [0.2, 0.25) is 23.5 Å². The van der Waals surface area contributed by atoms with Crippen LogP contribution in [0.3, 0.4) is 0 Å². The molecule has 2 aliphatic heterocycles. The van der Waals surface area contributed by atoms with Crippen molar-refractivity contribution in [2.45, 2.75) is 61.2 Å². The van der Waals surface area contributed by atoms with Crippen molar-refractivity contribution in [3.05, 3.63) is 35.9 Å². The second kappa shape index (κ2) is 14.9. The van der Waals surface area contributed by atoms with Gasteiger partial charge in [-0.25, -0.2) is 0 Å². The number of carbonyl (C=O) groups is 5. The summed E-state index contributed by atoms with van der Waals surface area (Å²) < 4.78 is -0.0200. The van der Waals surface area contributed by atoms with Gasteiger partial charge in [0.05, 0.1) is 22.7 Å². The lowest BCUT2D eigenvalue weighted by Crippen LogP contribution is -2.52. The first-order valence-electron chi connectivity index (χ1n) is 13.7. The summed E-state index contributed by atoms with van der Waals surface area (Å²) in [7, 11) is 5.10. The van der Waals surface area contributed by atoms with Crippen LogP contribution in [0.1, 0.15) is 50.6 Å². The molecular weight excluding hydrogens is 550 g/mol. The van der Waals surface area contributed by atoms with Gasteiger partial charge in [0, 0.05) is 20.6 Å². The van der Waals surface area contributed by atoms with Crippen molar-refractivity contribution in [2.24, 2.45) is 0 Å². The molecule has 3 atom stereocenters. The Morgan fingerprint density at radius 3 is 2.30 bits per heavy atom. The molecular formula is C28H41N5O5S2. The largest absolute Gasteiger partial charge is 0.347 e. The van der Waals surface area contributed by atoms with Crippen LogP contribution in [0.5, 0.6) is 0 Å². The van der Waals surface area contributed by atoms with E-state index in [-0.39, 0.29) is 21.9 Å². The predicted molar refractivity (Wildman–Crippen MR) is 159 cm³/mol. The molecule has 0 bridgehead atoms. The molecule has 3 rings (SSSR count). The molecule has 1 unspecified atom stereocenters. The number of Topliss-reactive ketones (excluding diaryl/α,β-unsaturated/α-hetero) is 1. The van der Waals surface area contributed by atoms with E-state index in [1.54, 1.807) is 44.4 Å². The highest BCUT2D eigenvalue weighted by molar-refractivity contribution is 8.18. The van der Waals surface area contributed by atoms with E-state index >= 15 is 0 Å². The molecule has 2 aliphatic rings. The van der Waals surface area contributed by atoms with Gasteiger partial charge in [-0.1, -0.05) is 43.7 Å². The van der Waals surface area contributed by atoms with Gasteiger partial charge in [-0.15, -0.1) is 23.5 Å². The average Bonchev–Trinajstić information content (AvgIpc) is 3.10. The number of benzene rings is 1. The first kappa shape index (κ1) is 32.0. The van der Waals surface area contributed by atoms with Gasteiger partial charge in [-0.3, -0.25) is 28.9 Å². The maximum absolute atomic E-state index is 13.3. The molecule has 2 saturated heterocycles. The van der Waals surface area contributed by atoms with Crippen LogP contribution in [0.25, 0.3) is 0 Å². The molecule has 2 fully saturated rings. The Bertz CT molecular complexity index is 1060. The third kappa shape index (κ3) is 8.47. The molecule has 0 aliphatic carbocycles. The van der Waals surface area contributed by atoms with E-state index in [2.05, 4.69) is 16.0 Å². The number of ketones is 1. The van der Waals surface area contributed by atoms with Crippen molar-refractivity contribution in [2.75, 3.05) is 45.7 Å². The number of hydrogen-bond donors (Lipinski definition) is 3. The molecule has 40 heavy (non-hydrogen) atoms. The van der Waals surface area contributed by atoms with Gasteiger partial charge in [0.15, 0.2) is 0 Å². The highest BCUT2D eigenvalue weighted by Gasteiger charge is 2.47. The number of carbonyl (C=O) groups excluding carboxylic acids is 5. The fraction of sp³-hybridized carbons (Fsp3) is 0.607. The summed E-state index contributed by atoms with van der Waals surface area (Å²) in [5.74, 6) is -0.778. The van der Waals surface area contributed by atoms with E-state index in [9.17, 15) is 24.0 Å². The van der Waals surface area contributed by atoms with Crippen LogP contribution >= 0.6 is 23.5 Å². The Kier molecular flexibility index (Phi) is 11.9. The van der Waals surface area contributed by atoms with E-state index in [4.69, 9.17) is 0 Å². The minimum Gasteiger partial charge on any atom is -0.347 e. The maximum Gasteiger partial charge on any atom is 0.290 e. The molecule has 0 saturated carbocycles. The lowest BCUT2D eigenvalue weighted by atomic mass is 10.0. The number of rotatable bonds is 11. The fourth-order valence-corrected chi connectivity index (χ4v) is 8.32. The first-order chi connectivity index (χ1) is 19.1. The zero-order chi connectivity index (χ0) is 29.3. The van der Waals surface area contributed by atoms with Crippen molar-refractivity contribution in [3.8, 4) is 0 Å². The number of likely N-dealkylation sites (N-methyl/N-ethyl adjacent to an activating group) is 2. The third-order valence-corrected chi connectivity index (χ3v) is 10.4. The monoisotopic (exact) mass is 591 g/mol. The second-order valence-corrected chi connectivity index (χ2v) is 13.7. The lowest BCUT2D eigenvalue weighted by Gasteiger charge is -2.25. The van der Waals surface area contributed by atoms with Crippen molar-refractivity contribution >= 4 is 52.9 Å². The number of likely N-dealkylation sites (tertiary alicyclic amines) is 1. The van der Waals surface area contributed by atoms with E-state index in [1.807, 2.05) is 42.4 Å². The number of thioether (sulfide) groups is 2. The summed E-state index contributed by atoms with van der Waals surface area (Å²) in [6.07, 6.45) is 3.95. The van der Waals surface area contributed by atoms with Crippen molar-refractivity contribution < 1.29 is 24.0 Å². The molecule has 1 aromatic carbocycles. The molecule has 1 aromatic rings. The molecule has 220 valence electrons. The summed E-state index contributed by atoms with van der Waals surface area (Å²) in [4.78, 5) is 67.7. The van der Waals surface area contributed by atoms with E-state index in [0.29, 0.717) is 24.8 Å². The second-order valence-electron chi connectivity index (χ2n) is 10.5. The van der Waals surface area contributed by atoms with Gasteiger partial charge in [0.1, 0.15) is 6.04 Å². The van der Waals surface area contributed by atoms with Crippen molar-refractivity contribution in [3.63, 3.8) is 0 Å². The number of hydrogen-bond acceptors (Lipinski definition) is 8. The van der Waals surface area contributed by atoms with Gasteiger partial charge < -0.3 is 20.9 Å². The van der Waals surface area contributed by atoms with E-state index in [1.165, 1.54) is 17.7 Å². The highest BCUT2D eigenvalue weighted by atomic mass is 32.2. The summed E-state index contributed by atoms with van der Waals surface area (Å²) in [5.41, 5.74) is 0.599. The molecule has 10 nitrogen and oxygen atoms in total. The summed E-state index contributed by atoms with van der Waals surface area (Å²) in [5, 5.41) is 7.81. The highest BCUT2D eigenvalue weighted by Crippen LogP contribution is 2.49. The standard InChI is InChI=1S/C28H41N5O5S2/c1-5-11-20(30-25(36)21-16-28(18-33(21)4)39-14-9-10-15-40-28)24(35)26(37)29-17-22(34)31-23(27(38)32(2)3)19-12-7-6-8-13-19/h6-8,12-13,20-21,23H,5,9-11,14-18H2,1-4H3,(H,29,37)(H,30,36)(H,31,34)/t20?,21-,23-/m0/s1. The maximum atomic E-state index is 13.3. The van der Waals surface area contributed by atoms with Gasteiger partial charge in [-0.2, -0.15) is 0 Å². The first-order valence-corrected chi connectivity index (χ1v) is 15.7. The Balaban J connectivity index is 1.57. The molecule has 1 spiro atoms. The van der Waals surface area contributed by atoms with Crippen LogP contribution in [0.2, 0.25) is 0 Å². The minimum absolute atomic E-state index is 0.0200. The van der Waals surface area contributed by atoms with Crippen molar-refractivity contribution in [1.82, 2.24) is 25.8 Å². The summed E-state index contributed by atoms with van der Waals surface area (Å²) in [6.45, 7) is 2.19. The molecule has 12 heteroatoms. The fourth-order valence-electron chi connectivity index (χ4n) is 4.90. The minimum atomic E-state index is -0.979. The molecule has 2 heterocycles. The van der Waals surface area contributed by atoms with Crippen molar-refractivity contribution in [1.29, 1.82) is 0 Å². The van der Waals surface area contributed by atoms with Gasteiger partial charge in [-0.05, 0) is 49.8 Å². The Morgan fingerprint density at radius 1 is 1.05 bits per heavy atom. The van der Waals surface area contributed by atoms with Gasteiger partial charge in [0.25, 0.3) is 5.91 Å². The molecule has 3 N–H and O–H groups in total. The Morgan fingerprint density at radius 2 is 1.70 bits per heavy atom. The Hall–Kier alpha value is -2.57. The normalized spacial score (nSPS) is 20.1. The summed E-state index contributed by atoms with van der Waals surface area (Å²) in [6, 6.07) is 6.50. The van der Waals surface area contributed by atoms with E-state index in [0.717, 1.165) is 18.1 Å². The quantitative estimate of drug-likeness (QED) is 0.331. The molecule has 0 radical (unpaired) electrons. The number of nitrogens with one attached hydrogen (secondary N) is 3. The van der Waals surface area contributed by atoms with Crippen LogP contribution in [-0.4, -0.2) is 101 Å². The third-order valence-electron chi connectivity index (χ3n) is 7.07. The topological polar surface area (TPSA) is 128 Å². The van der Waals surface area contributed by atoms with Crippen LogP contribution in [0.15, 0.2) is 30.3 Å². The van der Waals surface area contributed by atoms with Crippen LogP contribution in [-0.2, 0) is 24.0 Å². The van der Waals surface area contributed by atoms with Crippen LogP contribution in [0.4, 0.5) is 0 Å². The Labute approximate surface area is 245 Å². The van der Waals surface area contributed by atoms with Crippen LogP contribution < -0.4 is 16.0 Å². The van der Waals surface area contributed by atoms with Gasteiger partial charge >= 0.3 is 0 Å². The summed E-state index contributed by atoms with van der Waals surface area (Å²) >= 11 is 3.85. The predicted octanol–water partition coefficient (Wildman–Crippen LogP) is 1.56. The number of nitrogens with zero attached hydrogens (tertiary/aromatic N) is 2.